The number of benzene rings is 1. The number of rotatable bonds is 1. The molecule has 0 atom stereocenters. The number of thiol groups is 2. The molecule has 0 fully saturated rings. The molecule has 0 aliphatic heterocycles. The molecule has 0 nitrogen and oxygen atoms in total. The average molecular weight is 264 g/mol. The molecule has 4 heteroatoms. The van der Waals surface area contributed by atoms with E-state index in [1.54, 1.807) is 0 Å². The van der Waals surface area contributed by atoms with Crippen molar-refractivity contribution in [3.63, 3.8) is 0 Å². The average Bonchev–Trinajstić information content (AvgIpc) is 1.86. The zero-order chi connectivity index (χ0) is 8.48. The molecule has 0 aliphatic rings. The molecule has 0 radical (unpaired) electrons. The van der Waals surface area contributed by atoms with E-state index in [0.717, 1.165) is 4.35 Å². The van der Waals surface area contributed by atoms with Crippen molar-refractivity contribution in [3.05, 3.63) is 29.8 Å². The molecule has 0 amide bonds. The van der Waals surface area contributed by atoms with Gasteiger partial charge in [0.2, 0.25) is 0 Å². The SMILES string of the molecule is Cc1ccccc1[As](=S)(S)S. The monoisotopic (exact) mass is 264 g/mol. The van der Waals surface area contributed by atoms with Crippen molar-refractivity contribution in [2.24, 2.45) is 0 Å². The molecule has 0 saturated carbocycles. The Bertz CT molecular complexity index is 302. The van der Waals surface area contributed by atoms with Gasteiger partial charge in [-0.25, -0.2) is 0 Å². The van der Waals surface area contributed by atoms with Crippen LogP contribution in [0.5, 0.6) is 0 Å². The summed E-state index contributed by atoms with van der Waals surface area (Å²) in [6.07, 6.45) is 0. The number of hydrogen-bond acceptors (Lipinski definition) is 1. The van der Waals surface area contributed by atoms with E-state index in [2.05, 4.69) is 21.8 Å². The van der Waals surface area contributed by atoms with Gasteiger partial charge in [-0.1, -0.05) is 0 Å². The van der Waals surface area contributed by atoms with Crippen molar-refractivity contribution >= 4 is 46.1 Å². The molecule has 0 heterocycles. The summed E-state index contributed by atoms with van der Waals surface area (Å²) in [5.41, 5.74) is 1.21. The van der Waals surface area contributed by atoms with Crippen LogP contribution in [0.4, 0.5) is 0 Å². The Morgan fingerprint density at radius 1 is 1.27 bits per heavy atom. The summed E-state index contributed by atoms with van der Waals surface area (Å²) in [5, 5.41) is 0. The van der Waals surface area contributed by atoms with Gasteiger partial charge in [-0.3, -0.25) is 0 Å². The van der Waals surface area contributed by atoms with E-state index in [0.29, 0.717) is 0 Å². The Kier molecular flexibility index (Phi) is 3.21. The van der Waals surface area contributed by atoms with E-state index >= 15 is 0 Å². The van der Waals surface area contributed by atoms with Gasteiger partial charge >= 0.3 is 82.8 Å². The van der Waals surface area contributed by atoms with Crippen molar-refractivity contribution in [1.29, 1.82) is 0 Å². The van der Waals surface area contributed by atoms with E-state index in [1.165, 1.54) is 5.56 Å². The Labute approximate surface area is 82.4 Å². The molecule has 1 aromatic carbocycles. The molecule has 0 spiro atoms. The predicted molar refractivity (Wildman–Crippen MR) is 62.1 cm³/mol. The van der Waals surface area contributed by atoms with Crippen molar-refractivity contribution in [2.45, 2.75) is 6.92 Å². The Morgan fingerprint density at radius 2 is 1.82 bits per heavy atom. The molecule has 0 unspecified atom stereocenters. The first-order valence-corrected chi connectivity index (χ1v) is 12.6. The number of hydrogen-bond donors (Lipinski definition) is 2. The fourth-order valence-corrected chi connectivity index (χ4v) is 6.00. The molecule has 60 valence electrons. The van der Waals surface area contributed by atoms with E-state index < -0.39 is 9.56 Å². The summed E-state index contributed by atoms with van der Waals surface area (Å²) in [7, 11) is 11.5. The van der Waals surface area contributed by atoms with Crippen molar-refractivity contribution < 1.29 is 0 Å². The third-order valence-corrected chi connectivity index (χ3v) is 7.06. The predicted octanol–water partition coefficient (Wildman–Crippen LogP) is 2.20. The van der Waals surface area contributed by atoms with Crippen LogP contribution >= 0.6 is 32.2 Å². The first-order valence-electron chi connectivity index (χ1n) is 3.13. The molecule has 1 rings (SSSR count). The van der Waals surface area contributed by atoms with Crippen LogP contribution in [0, 0.1) is 6.92 Å². The van der Waals surface area contributed by atoms with Crippen LogP contribution in [0.1, 0.15) is 5.56 Å². The topological polar surface area (TPSA) is 0 Å². The summed E-state index contributed by atoms with van der Waals surface area (Å²) in [5.74, 6) is 0. The van der Waals surface area contributed by atoms with Crippen LogP contribution in [-0.2, 0) is 0 Å². The molecular weight excluding hydrogens is 255 g/mol. The third-order valence-electron chi connectivity index (χ3n) is 1.43. The molecular formula is C7H9AsS3. The van der Waals surface area contributed by atoms with Crippen LogP contribution in [0.3, 0.4) is 0 Å². The van der Waals surface area contributed by atoms with Gasteiger partial charge < -0.3 is 0 Å². The normalized spacial score (nSPS) is 11.5. The van der Waals surface area contributed by atoms with Gasteiger partial charge in [0.1, 0.15) is 0 Å². The van der Waals surface area contributed by atoms with Crippen molar-refractivity contribution in [2.75, 3.05) is 0 Å². The quantitative estimate of drug-likeness (QED) is 0.579. The van der Waals surface area contributed by atoms with E-state index in [4.69, 9.17) is 10.4 Å². The molecule has 0 saturated heterocycles. The Balaban J connectivity index is 3.25. The second kappa shape index (κ2) is 3.61. The summed E-state index contributed by atoms with van der Waals surface area (Å²) < 4.78 is 1.16. The summed E-state index contributed by atoms with van der Waals surface area (Å²) in [4.78, 5) is 0. The first kappa shape index (κ1) is 9.78. The van der Waals surface area contributed by atoms with Crippen LogP contribution < -0.4 is 4.35 Å². The Hall–Kier alpha value is 0.698. The fraction of sp³-hybridized carbons (Fsp3) is 0.143. The van der Waals surface area contributed by atoms with Gasteiger partial charge in [0, 0.05) is 0 Å². The minimum atomic E-state index is -2.43. The number of aryl methyl sites for hydroxylation is 1. The molecule has 0 aromatic heterocycles. The van der Waals surface area contributed by atoms with E-state index in [-0.39, 0.29) is 0 Å². The summed E-state index contributed by atoms with van der Waals surface area (Å²) in [6.45, 7) is 2.05. The standard InChI is InChI=1S/C7H9AsS3/c1-6-4-2-3-5-7(6)8(9,10)11/h2-5H,1H3,(H2,9,10,11). The molecule has 1 aromatic rings. The fourth-order valence-electron chi connectivity index (χ4n) is 0.890. The first-order chi connectivity index (χ1) is 5.02. The Morgan fingerprint density at radius 3 is 2.18 bits per heavy atom. The van der Waals surface area contributed by atoms with Gasteiger partial charge in [0.15, 0.2) is 0 Å². The second-order valence-corrected chi connectivity index (χ2v) is 19.2. The maximum absolute atomic E-state index is 5.24. The van der Waals surface area contributed by atoms with Crippen LogP contribution in [-0.4, -0.2) is 9.56 Å². The maximum atomic E-state index is 5.24. The molecule has 0 N–H and O–H groups in total. The summed E-state index contributed by atoms with van der Waals surface area (Å²) >= 11 is 0. The van der Waals surface area contributed by atoms with Gasteiger partial charge in [-0.15, -0.1) is 0 Å². The van der Waals surface area contributed by atoms with Gasteiger partial charge in [-0.2, -0.15) is 0 Å². The molecule has 0 bridgehead atoms. The second-order valence-electron chi connectivity index (χ2n) is 2.33. The third kappa shape index (κ3) is 2.58. The van der Waals surface area contributed by atoms with Crippen LogP contribution in [0.15, 0.2) is 24.3 Å². The minimum absolute atomic E-state index is 1.16. The summed E-state index contributed by atoms with van der Waals surface area (Å²) in [6, 6.07) is 8.05. The molecule has 11 heavy (non-hydrogen) atoms. The zero-order valence-electron chi connectivity index (χ0n) is 6.06. The van der Waals surface area contributed by atoms with Crippen LogP contribution in [0.2, 0.25) is 0 Å². The zero-order valence-corrected chi connectivity index (χ0v) is 10.5. The van der Waals surface area contributed by atoms with E-state index in [1.807, 2.05) is 31.2 Å². The van der Waals surface area contributed by atoms with Crippen molar-refractivity contribution in [3.8, 4) is 0 Å². The van der Waals surface area contributed by atoms with Crippen LogP contribution in [0.25, 0.3) is 0 Å². The van der Waals surface area contributed by atoms with Gasteiger partial charge in [0.05, 0.1) is 0 Å². The van der Waals surface area contributed by atoms with E-state index in [9.17, 15) is 0 Å². The molecule has 0 aliphatic carbocycles. The van der Waals surface area contributed by atoms with Gasteiger partial charge in [-0.05, 0) is 0 Å². The van der Waals surface area contributed by atoms with Gasteiger partial charge in [0.25, 0.3) is 0 Å². The van der Waals surface area contributed by atoms with Crippen molar-refractivity contribution in [1.82, 2.24) is 0 Å².